The lowest BCUT2D eigenvalue weighted by atomic mass is 10.0. The second-order valence-corrected chi connectivity index (χ2v) is 5.86. The number of rotatable bonds is 3. The van der Waals surface area contributed by atoms with Gasteiger partial charge in [0.2, 0.25) is 0 Å². The van der Waals surface area contributed by atoms with Gasteiger partial charge in [-0.25, -0.2) is 9.59 Å². The molecule has 3 rings (SSSR count). The minimum Gasteiger partial charge on any atom is -0.478 e. The van der Waals surface area contributed by atoms with Crippen LogP contribution in [0.25, 0.3) is 10.8 Å². The molecule has 3 aromatic carbocycles. The lowest BCUT2D eigenvalue weighted by Gasteiger charge is -2.15. The van der Waals surface area contributed by atoms with Gasteiger partial charge in [0, 0.05) is 11.1 Å². The maximum Gasteiger partial charge on any atom is 0.337 e. The summed E-state index contributed by atoms with van der Waals surface area (Å²) in [7, 11) is 0. The first-order valence-electron chi connectivity index (χ1n) is 7.86. The van der Waals surface area contributed by atoms with E-state index < -0.39 is 12.0 Å². The van der Waals surface area contributed by atoms with Gasteiger partial charge in [-0.1, -0.05) is 48.5 Å². The number of aryl methyl sites for hydroxylation is 2. The van der Waals surface area contributed by atoms with Crippen LogP contribution in [0.1, 0.15) is 21.5 Å². The fraction of sp³-hybridized carbons (Fsp3) is 0.100. The van der Waals surface area contributed by atoms with E-state index in [1.54, 1.807) is 12.1 Å². The maximum atomic E-state index is 12.5. The first-order valence-corrected chi connectivity index (χ1v) is 7.86. The van der Waals surface area contributed by atoms with E-state index in [2.05, 4.69) is 10.6 Å². The molecule has 2 amide bonds. The molecule has 0 aliphatic carbocycles. The van der Waals surface area contributed by atoms with Crippen molar-refractivity contribution in [1.29, 1.82) is 0 Å². The summed E-state index contributed by atoms with van der Waals surface area (Å²) in [5, 5.41) is 16.5. The van der Waals surface area contributed by atoms with Crippen molar-refractivity contribution >= 4 is 34.1 Å². The van der Waals surface area contributed by atoms with E-state index in [4.69, 9.17) is 0 Å². The highest BCUT2D eigenvalue weighted by molar-refractivity contribution is 6.12. The average Bonchev–Trinajstić information content (AvgIpc) is 2.58. The Balaban J connectivity index is 1.98. The van der Waals surface area contributed by atoms with Crippen LogP contribution in [0.3, 0.4) is 0 Å². The lowest BCUT2D eigenvalue weighted by molar-refractivity contribution is 0.0698. The van der Waals surface area contributed by atoms with E-state index in [1.165, 1.54) is 6.07 Å². The number of para-hydroxylation sites is 1. The maximum absolute atomic E-state index is 12.5. The van der Waals surface area contributed by atoms with Gasteiger partial charge in [0.05, 0.1) is 11.3 Å². The summed E-state index contributed by atoms with van der Waals surface area (Å²) < 4.78 is 0. The quantitative estimate of drug-likeness (QED) is 0.644. The van der Waals surface area contributed by atoms with Gasteiger partial charge in [-0.2, -0.15) is 0 Å². The van der Waals surface area contributed by atoms with Crippen LogP contribution in [0.4, 0.5) is 16.2 Å². The topological polar surface area (TPSA) is 78.4 Å². The first kappa shape index (κ1) is 16.5. The summed E-state index contributed by atoms with van der Waals surface area (Å²) in [6.45, 7) is 3.81. The second kappa shape index (κ2) is 6.65. The van der Waals surface area contributed by atoms with E-state index in [9.17, 15) is 14.7 Å². The Kier molecular flexibility index (Phi) is 4.39. The number of urea groups is 1. The van der Waals surface area contributed by atoms with Crippen molar-refractivity contribution in [2.24, 2.45) is 0 Å². The highest BCUT2D eigenvalue weighted by Gasteiger charge is 2.16. The number of carboxylic acids is 1. The normalized spacial score (nSPS) is 10.5. The van der Waals surface area contributed by atoms with Crippen molar-refractivity contribution in [3.05, 3.63) is 71.3 Å². The van der Waals surface area contributed by atoms with Gasteiger partial charge in [-0.3, -0.25) is 0 Å². The summed E-state index contributed by atoms with van der Waals surface area (Å²) in [6.07, 6.45) is 0. The zero-order valence-corrected chi connectivity index (χ0v) is 14.0. The molecule has 0 saturated heterocycles. The van der Waals surface area contributed by atoms with E-state index >= 15 is 0 Å². The number of aromatic carboxylic acids is 1. The molecule has 0 bridgehead atoms. The Bertz CT molecular complexity index is 960. The van der Waals surface area contributed by atoms with E-state index in [1.807, 2.05) is 50.2 Å². The number of amides is 2. The number of carboxylic acid groups (broad SMARTS) is 1. The standard InChI is InChI=1S/C20H18N2O3/c1-12-6-5-7-13(2)17(12)21-20(25)22-18-15-9-4-3-8-14(15)10-11-16(18)19(23)24/h3-11H,1-2H3,(H,23,24)(H2,21,22,25). The monoisotopic (exact) mass is 334 g/mol. The van der Waals surface area contributed by atoms with Crippen molar-refractivity contribution in [3.63, 3.8) is 0 Å². The Morgan fingerprint density at radius 2 is 1.44 bits per heavy atom. The van der Waals surface area contributed by atoms with Crippen molar-refractivity contribution in [2.45, 2.75) is 13.8 Å². The van der Waals surface area contributed by atoms with E-state index in [-0.39, 0.29) is 11.3 Å². The number of hydrogen-bond acceptors (Lipinski definition) is 2. The van der Waals surface area contributed by atoms with Crippen LogP contribution < -0.4 is 10.6 Å². The summed E-state index contributed by atoms with van der Waals surface area (Å²) in [5.41, 5.74) is 2.93. The molecule has 0 aliphatic rings. The Morgan fingerprint density at radius 1 is 0.800 bits per heavy atom. The van der Waals surface area contributed by atoms with Crippen LogP contribution in [0.2, 0.25) is 0 Å². The molecule has 0 heterocycles. The molecular weight excluding hydrogens is 316 g/mol. The fourth-order valence-electron chi connectivity index (χ4n) is 2.85. The van der Waals surface area contributed by atoms with Crippen molar-refractivity contribution < 1.29 is 14.7 Å². The molecule has 0 saturated carbocycles. The smallest absolute Gasteiger partial charge is 0.337 e. The van der Waals surface area contributed by atoms with Crippen molar-refractivity contribution in [2.75, 3.05) is 10.6 Å². The molecule has 0 unspecified atom stereocenters. The third-order valence-electron chi connectivity index (χ3n) is 4.12. The van der Waals surface area contributed by atoms with Gasteiger partial charge in [-0.15, -0.1) is 0 Å². The SMILES string of the molecule is Cc1cccc(C)c1NC(=O)Nc1c(C(=O)O)ccc2ccccc12. The number of carbonyl (C=O) groups is 2. The average molecular weight is 334 g/mol. The third kappa shape index (κ3) is 3.30. The highest BCUT2D eigenvalue weighted by Crippen LogP contribution is 2.28. The summed E-state index contributed by atoms with van der Waals surface area (Å²) in [5.74, 6) is -1.09. The summed E-state index contributed by atoms with van der Waals surface area (Å²) >= 11 is 0. The second-order valence-electron chi connectivity index (χ2n) is 5.86. The fourth-order valence-corrected chi connectivity index (χ4v) is 2.85. The van der Waals surface area contributed by atoms with Crippen LogP contribution in [-0.2, 0) is 0 Å². The van der Waals surface area contributed by atoms with Gasteiger partial charge in [0.25, 0.3) is 0 Å². The molecule has 0 atom stereocenters. The molecule has 5 heteroatoms. The zero-order valence-electron chi connectivity index (χ0n) is 14.0. The third-order valence-corrected chi connectivity index (χ3v) is 4.12. The van der Waals surface area contributed by atoms with Gasteiger partial charge < -0.3 is 15.7 Å². The molecule has 0 fully saturated rings. The van der Waals surface area contributed by atoms with Crippen LogP contribution in [0, 0.1) is 13.8 Å². The molecule has 0 radical (unpaired) electrons. The van der Waals surface area contributed by atoms with Gasteiger partial charge in [-0.05, 0) is 36.4 Å². The van der Waals surface area contributed by atoms with Crippen LogP contribution >= 0.6 is 0 Å². The number of nitrogens with one attached hydrogen (secondary N) is 2. The van der Waals surface area contributed by atoms with Gasteiger partial charge >= 0.3 is 12.0 Å². The van der Waals surface area contributed by atoms with Gasteiger partial charge in [0.1, 0.15) is 0 Å². The van der Waals surface area contributed by atoms with Gasteiger partial charge in [0.15, 0.2) is 0 Å². The molecule has 0 aliphatic heterocycles. The van der Waals surface area contributed by atoms with Crippen molar-refractivity contribution in [1.82, 2.24) is 0 Å². The number of carbonyl (C=O) groups excluding carboxylic acids is 1. The Morgan fingerprint density at radius 3 is 2.12 bits per heavy atom. The number of anilines is 2. The number of benzene rings is 3. The molecule has 3 aromatic rings. The highest BCUT2D eigenvalue weighted by atomic mass is 16.4. The molecule has 25 heavy (non-hydrogen) atoms. The van der Waals surface area contributed by atoms with E-state index in [0.29, 0.717) is 5.39 Å². The summed E-state index contributed by atoms with van der Waals surface area (Å²) in [4.78, 5) is 24.0. The lowest BCUT2D eigenvalue weighted by Crippen LogP contribution is -2.22. The Labute approximate surface area is 145 Å². The zero-order chi connectivity index (χ0) is 18.0. The largest absolute Gasteiger partial charge is 0.478 e. The van der Waals surface area contributed by atoms with E-state index in [0.717, 1.165) is 22.2 Å². The summed E-state index contributed by atoms with van der Waals surface area (Å²) in [6, 6.07) is 15.8. The minimum absolute atomic E-state index is 0.0513. The predicted molar refractivity (Wildman–Crippen MR) is 99.5 cm³/mol. The van der Waals surface area contributed by atoms with Crippen LogP contribution in [-0.4, -0.2) is 17.1 Å². The molecule has 0 spiro atoms. The van der Waals surface area contributed by atoms with Crippen LogP contribution in [0.15, 0.2) is 54.6 Å². The Hall–Kier alpha value is -3.34. The molecule has 0 aromatic heterocycles. The molecular formula is C20H18N2O3. The molecule has 126 valence electrons. The first-order chi connectivity index (χ1) is 12.0. The predicted octanol–water partition coefficient (Wildman–Crippen LogP) is 4.80. The number of fused-ring (bicyclic) bond motifs is 1. The number of hydrogen-bond donors (Lipinski definition) is 3. The molecule has 3 N–H and O–H groups in total. The minimum atomic E-state index is -1.09. The molecule has 5 nitrogen and oxygen atoms in total. The van der Waals surface area contributed by atoms with Crippen molar-refractivity contribution in [3.8, 4) is 0 Å². The van der Waals surface area contributed by atoms with Crippen LogP contribution in [0.5, 0.6) is 0 Å².